The van der Waals surface area contributed by atoms with Crippen molar-refractivity contribution >= 4 is 19.2 Å². The van der Waals surface area contributed by atoms with Crippen LogP contribution in [0.1, 0.15) is 11.7 Å². The van der Waals surface area contributed by atoms with Crippen molar-refractivity contribution in [3.05, 3.63) is 34.9 Å². The standard InChI is InChI=1S/C9H9ClF3O3P/c1-17(14,15)16-8(9(11,12)13)6-2-4-7(10)5-3-6/h2-5,8H,1H3,(H,14,15). The van der Waals surface area contributed by atoms with E-state index in [-0.39, 0.29) is 10.6 Å². The number of alkyl halides is 3. The second-order valence-electron chi connectivity index (χ2n) is 3.38. The lowest BCUT2D eigenvalue weighted by Gasteiger charge is -2.22. The van der Waals surface area contributed by atoms with Gasteiger partial charge in [0.25, 0.3) is 0 Å². The molecule has 0 heterocycles. The predicted molar refractivity (Wildman–Crippen MR) is 57.1 cm³/mol. The van der Waals surface area contributed by atoms with Gasteiger partial charge < -0.3 is 4.89 Å². The van der Waals surface area contributed by atoms with E-state index in [0.29, 0.717) is 6.66 Å². The van der Waals surface area contributed by atoms with Gasteiger partial charge in [0.1, 0.15) is 0 Å². The fourth-order valence-corrected chi connectivity index (χ4v) is 1.90. The van der Waals surface area contributed by atoms with Crippen molar-refractivity contribution in [2.75, 3.05) is 6.66 Å². The molecule has 0 aliphatic rings. The van der Waals surface area contributed by atoms with Crippen LogP contribution in [-0.4, -0.2) is 17.7 Å². The maximum Gasteiger partial charge on any atom is 0.419 e. The van der Waals surface area contributed by atoms with E-state index in [1.807, 2.05) is 0 Å². The van der Waals surface area contributed by atoms with Crippen LogP contribution >= 0.6 is 19.2 Å². The summed E-state index contributed by atoms with van der Waals surface area (Å²) in [7, 11) is -4.25. The van der Waals surface area contributed by atoms with E-state index in [0.717, 1.165) is 12.1 Å². The molecule has 0 aromatic heterocycles. The summed E-state index contributed by atoms with van der Waals surface area (Å²) >= 11 is 5.54. The first-order chi connectivity index (χ1) is 7.59. The molecule has 0 aliphatic heterocycles. The summed E-state index contributed by atoms with van der Waals surface area (Å²) < 4.78 is 53.0. The highest BCUT2D eigenvalue weighted by atomic mass is 35.5. The Kier molecular flexibility index (Phi) is 4.25. The van der Waals surface area contributed by atoms with Crippen LogP contribution in [-0.2, 0) is 9.09 Å². The molecule has 0 bridgehead atoms. The number of rotatable bonds is 3. The lowest BCUT2D eigenvalue weighted by molar-refractivity contribution is -0.199. The summed E-state index contributed by atoms with van der Waals surface area (Å²) in [5, 5.41) is 0.262. The molecule has 0 amide bonds. The molecular weight excluding hydrogens is 280 g/mol. The Bertz CT molecular complexity index is 426. The van der Waals surface area contributed by atoms with Crippen LogP contribution in [0.25, 0.3) is 0 Å². The SMILES string of the molecule is CP(=O)(O)OC(c1ccc(Cl)cc1)C(F)(F)F. The number of hydrogen-bond donors (Lipinski definition) is 1. The minimum absolute atomic E-state index is 0.262. The minimum Gasteiger partial charge on any atom is -0.324 e. The number of hydrogen-bond acceptors (Lipinski definition) is 2. The fourth-order valence-electron chi connectivity index (χ4n) is 1.14. The monoisotopic (exact) mass is 288 g/mol. The smallest absolute Gasteiger partial charge is 0.324 e. The summed E-state index contributed by atoms with van der Waals surface area (Å²) in [5.41, 5.74) is -0.280. The minimum atomic E-state index is -4.78. The van der Waals surface area contributed by atoms with Gasteiger partial charge in [-0.05, 0) is 17.7 Å². The Morgan fingerprint density at radius 2 is 1.82 bits per heavy atom. The van der Waals surface area contributed by atoms with Gasteiger partial charge in [-0.25, -0.2) is 0 Å². The molecule has 17 heavy (non-hydrogen) atoms. The molecule has 8 heteroatoms. The first kappa shape index (κ1) is 14.5. The Balaban J connectivity index is 3.07. The van der Waals surface area contributed by atoms with E-state index in [1.165, 1.54) is 12.1 Å². The molecule has 3 nitrogen and oxygen atoms in total. The maximum atomic E-state index is 12.6. The van der Waals surface area contributed by atoms with Crippen molar-refractivity contribution in [1.29, 1.82) is 0 Å². The molecule has 0 fully saturated rings. The second-order valence-corrected chi connectivity index (χ2v) is 5.63. The van der Waals surface area contributed by atoms with Crippen LogP contribution in [0.15, 0.2) is 24.3 Å². The molecule has 0 aliphatic carbocycles. The van der Waals surface area contributed by atoms with Crippen molar-refractivity contribution in [2.24, 2.45) is 0 Å². The zero-order valence-corrected chi connectivity index (χ0v) is 10.3. The highest BCUT2D eigenvalue weighted by Gasteiger charge is 2.44. The van der Waals surface area contributed by atoms with Gasteiger partial charge in [-0.2, -0.15) is 13.2 Å². The molecular formula is C9H9ClF3O3P. The summed E-state index contributed by atoms with van der Waals surface area (Å²) in [4.78, 5) is 8.87. The van der Waals surface area contributed by atoms with Gasteiger partial charge in [0.2, 0.25) is 0 Å². The van der Waals surface area contributed by atoms with Crippen LogP contribution in [0.5, 0.6) is 0 Å². The van der Waals surface area contributed by atoms with Gasteiger partial charge in [-0.3, -0.25) is 9.09 Å². The van der Waals surface area contributed by atoms with Crippen molar-refractivity contribution in [3.63, 3.8) is 0 Å². The van der Waals surface area contributed by atoms with E-state index in [4.69, 9.17) is 16.5 Å². The van der Waals surface area contributed by atoms with Crippen molar-refractivity contribution < 1.29 is 27.2 Å². The van der Waals surface area contributed by atoms with Gasteiger partial charge in [-0.15, -0.1) is 0 Å². The molecule has 1 aromatic rings. The molecule has 1 N–H and O–H groups in total. The van der Waals surface area contributed by atoms with E-state index in [2.05, 4.69) is 4.52 Å². The van der Waals surface area contributed by atoms with Crippen LogP contribution in [0.4, 0.5) is 13.2 Å². The van der Waals surface area contributed by atoms with Gasteiger partial charge in [0.05, 0.1) is 0 Å². The Morgan fingerprint density at radius 3 is 2.18 bits per heavy atom. The Hall–Kier alpha value is -0.550. The number of benzene rings is 1. The maximum absolute atomic E-state index is 12.6. The first-order valence-electron chi connectivity index (χ1n) is 4.40. The lowest BCUT2D eigenvalue weighted by Crippen LogP contribution is -2.22. The topological polar surface area (TPSA) is 46.5 Å². The summed E-state index contributed by atoms with van der Waals surface area (Å²) in [5.74, 6) is 0. The molecule has 0 radical (unpaired) electrons. The molecule has 0 spiro atoms. The van der Waals surface area contributed by atoms with Gasteiger partial charge >= 0.3 is 13.8 Å². The number of halogens is 4. The van der Waals surface area contributed by atoms with Gasteiger partial charge in [0.15, 0.2) is 6.10 Å². The Morgan fingerprint density at radius 1 is 1.35 bits per heavy atom. The molecule has 2 atom stereocenters. The van der Waals surface area contributed by atoms with E-state index in [9.17, 15) is 17.7 Å². The molecule has 2 unspecified atom stereocenters. The molecule has 96 valence electrons. The molecule has 0 saturated heterocycles. The summed E-state index contributed by atoms with van der Waals surface area (Å²) in [6.45, 7) is 0.696. The second kappa shape index (κ2) is 4.98. The molecule has 1 aromatic carbocycles. The normalized spacial score (nSPS) is 17.5. The van der Waals surface area contributed by atoms with Crippen LogP contribution in [0.3, 0.4) is 0 Å². The highest BCUT2D eigenvalue weighted by molar-refractivity contribution is 7.51. The largest absolute Gasteiger partial charge is 0.419 e. The quantitative estimate of drug-likeness (QED) is 0.861. The average Bonchev–Trinajstić information content (AvgIpc) is 2.13. The van der Waals surface area contributed by atoms with E-state index in [1.54, 1.807) is 0 Å². The van der Waals surface area contributed by atoms with Crippen molar-refractivity contribution in [1.82, 2.24) is 0 Å². The van der Waals surface area contributed by atoms with E-state index < -0.39 is 19.9 Å². The highest BCUT2D eigenvalue weighted by Crippen LogP contribution is 2.48. The van der Waals surface area contributed by atoms with Crippen molar-refractivity contribution in [2.45, 2.75) is 12.3 Å². The van der Waals surface area contributed by atoms with Gasteiger partial charge in [0, 0.05) is 11.7 Å². The third-order valence-corrected chi connectivity index (χ3v) is 2.63. The molecule has 1 rings (SSSR count). The van der Waals surface area contributed by atoms with Gasteiger partial charge in [-0.1, -0.05) is 23.7 Å². The van der Waals surface area contributed by atoms with Crippen LogP contribution in [0, 0.1) is 0 Å². The van der Waals surface area contributed by atoms with Crippen molar-refractivity contribution in [3.8, 4) is 0 Å². The summed E-state index contributed by atoms with van der Waals surface area (Å²) in [6.07, 6.45) is -7.22. The van der Waals surface area contributed by atoms with E-state index >= 15 is 0 Å². The fraction of sp³-hybridized carbons (Fsp3) is 0.333. The Labute approximate surface area is 101 Å². The predicted octanol–water partition coefficient (Wildman–Crippen LogP) is 3.78. The zero-order valence-electron chi connectivity index (χ0n) is 8.61. The lowest BCUT2D eigenvalue weighted by atomic mass is 10.1. The van der Waals surface area contributed by atoms with Crippen LogP contribution in [0.2, 0.25) is 5.02 Å². The third kappa shape index (κ3) is 4.68. The first-order valence-corrected chi connectivity index (χ1v) is 6.81. The summed E-state index contributed by atoms with van der Waals surface area (Å²) in [6, 6.07) is 4.68. The van der Waals surface area contributed by atoms with Crippen LogP contribution < -0.4 is 0 Å². The average molecular weight is 289 g/mol. The molecule has 0 saturated carbocycles. The zero-order chi connectivity index (χ0) is 13.3. The third-order valence-electron chi connectivity index (χ3n) is 1.77.